The van der Waals surface area contributed by atoms with Crippen molar-refractivity contribution in [2.24, 2.45) is 0 Å². The second-order valence-electron chi connectivity index (χ2n) is 10.6. The minimum absolute atomic E-state index is 0.766. The molecule has 3 heteroatoms. The quantitative estimate of drug-likeness (QED) is 0.208. The highest BCUT2D eigenvalue weighted by atomic mass is 32.1. The lowest BCUT2D eigenvalue weighted by Gasteiger charge is -2.23. The first-order valence-corrected chi connectivity index (χ1v) is 14.7. The van der Waals surface area contributed by atoms with Crippen molar-refractivity contribution < 1.29 is 0 Å². The number of hydrogen-bond donors (Lipinski definition) is 0. The zero-order valence-corrected chi connectivity index (χ0v) is 22.8. The molecule has 3 aromatic heterocycles. The predicted molar refractivity (Wildman–Crippen MR) is 173 cm³/mol. The summed E-state index contributed by atoms with van der Waals surface area (Å²) in [6, 6.07) is 46.1. The fourth-order valence-electron chi connectivity index (χ4n) is 6.44. The van der Waals surface area contributed by atoms with Crippen molar-refractivity contribution in [3.05, 3.63) is 134 Å². The van der Waals surface area contributed by atoms with Crippen molar-refractivity contribution >= 4 is 42.5 Å². The SMILES string of the molecule is c1ccc2c(c1)-c1ccc(-c3cccc4c3sc3ccccc34)cc1-c1cc3cccnc3nc1-c1ccccc1-2. The number of thiophene rings is 1. The molecule has 0 spiro atoms. The Morgan fingerprint density at radius 3 is 2.00 bits per heavy atom. The molecule has 2 nitrogen and oxygen atoms in total. The Morgan fingerprint density at radius 2 is 1.15 bits per heavy atom. The fourth-order valence-corrected chi connectivity index (χ4v) is 7.68. The lowest BCUT2D eigenvalue weighted by Crippen LogP contribution is -2.00. The average molecular weight is 539 g/mol. The van der Waals surface area contributed by atoms with Crippen LogP contribution in [0, 0.1) is 0 Å². The van der Waals surface area contributed by atoms with Gasteiger partial charge in [0, 0.05) is 42.9 Å². The molecule has 3 heterocycles. The van der Waals surface area contributed by atoms with Crippen LogP contribution in [0.4, 0.5) is 0 Å². The summed E-state index contributed by atoms with van der Waals surface area (Å²) in [5.74, 6) is 0. The molecule has 0 saturated heterocycles. The van der Waals surface area contributed by atoms with Crippen molar-refractivity contribution in [2.75, 3.05) is 0 Å². The number of aromatic nitrogens is 2. The summed E-state index contributed by atoms with van der Waals surface area (Å²) >= 11 is 1.87. The van der Waals surface area contributed by atoms with Gasteiger partial charge in [-0.15, -0.1) is 11.3 Å². The van der Waals surface area contributed by atoms with Gasteiger partial charge in [0.1, 0.15) is 0 Å². The second-order valence-corrected chi connectivity index (χ2v) is 11.6. The largest absolute Gasteiger partial charge is 0.237 e. The molecule has 1 aliphatic rings. The van der Waals surface area contributed by atoms with Gasteiger partial charge in [-0.05, 0) is 69.3 Å². The van der Waals surface area contributed by atoms with E-state index in [0.717, 1.165) is 27.9 Å². The molecule has 0 radical (unpaired) electrons. The van der Waals surface area contributed by atoms with Gasteiger partial charge in [0.15, 0.2) is 5.65 Å². The Morgan fingerprint density at radius 1 is 0.463 bits per heavy atom. The van der Waals surface area contributed by atoms with Crippen LogP contribution in [-0.2, 0) is 0 Å². The highest BCUT2D eigenvalue weighted by molar-refractivity contribution is 7.26. The van der Waals surface area contributed by atoms with Gasteiger partial charge in [0.25, 0.3) is 0 Å². The van der Waals surface area contributed by atoms with Gasteiger partial charge in [-0.1, -0.05) is 97.1 Å². The maximum atomic E-state index is 5.20. The number of benzene rings is 5. The first-order valence-electron chi connectivity index (χ1n) is 13.8. The summed E-state index contributed by atoms with van der Waals surface area (Å²) in [7, 11) is 0. The molecule has 0 saturated carbocycles. The third kappa shape index (κ3) is 3.36. The summed E-state index contributed by atoms with van der Waals surface area (Å²) in [6.45, 7) is 0. The van der Waals surface area contributed by atoms with Crippen LogP contribution in [0.3, 0.4) is 0 Å². The van der Waals surface area contributed by atoms with E-state index in [-0.39, 0.29) is 0 Å². The van der Waals surface area contributed by atoms with Gasteiger partial charge in [-0.25, -0.2) is 9.97 Å². The highest BCUT2D eigenvalue weighted by Crippen LogP contribution is 2.49. The zero-order valence-electron chi connectivity index (χ0n) is 22.0. The molecule has 0 unspecified atom stereocenters. The van der Waals surface area contributed by atoms with Crippen molar-refractivity contribution in [3.63, 3.8) is 0 Å². The van der Waals surface area contributed by atoms with Gasteiger partial charge in [-0.3, -0.25) is 0 Å². The monoisotopic (exact) mass is 538 g/mol. The van der Waals surface area contributed by atoms with Crippen LogP contribution in [0.1, 0.15) is 0 Å². The molecule has 5 aromatic carbocycles. The van der Waals surface area contributed by atoms with E-state index in [4.69, 9.17) is 4.98 Å². The summed E-state index contributed by atoms with van der Waals surface area (Å²) in [6.07, 6.45) is 1.82. The maximum Gasteiger partial charge on any atom is 0.159 e. The lowest BCUT2D eigenvalue weighted by molar-refractivity contribution is 1.29. The first-order chi connectivity index (χ1) is 20.3. The summed E-state index contributed by atoms with van der Waals surface area (Å²) in [5.41, 5.74) is 12.5. The molecular weight excluding hydrogens is 516 g/mol. The lowest BCUT2D eigenvalue weighted by atomic mass is 9.81. The van der Waals surface area contributed by atoms with E-state index in [2.05, 4.69) is 126 Å². The molecule has 190 valence electrons. The van der Waals surface area contributed by atoms with Crippen LogP contribution in [0.25, 0.3) is 87.0 Å². The Kier molecular flexibility index (Phi) is 4.80. The fraction of sp³-hybridized carbons (Fsp3) is 0. The van der Waals surface area contributed by atoms with Crippen LogP contribution in [0.15, 0.2) is 134 Å². The summed E-state index contributed by atoms with van der Waals surface area (Å²) in [5, 5.41) is 3.67. The van der Waals surface area contributed by atoms with Crippen LogP contribution in [0.5, 0.6) is 0 Å². The van der Waals surface area contributed by atoms with E-state index >= 15 is 0 Å². The summed E-state index contributed by atoms with van der Waals surface area (Å²) < 4.78 is 2.64. The molecule has 0 bridgehead atoms. The van der Waals surface area contributed by atoms with E-state index in [0.29, 0.717) is 0 Å². The van der Waals surface area contributed by atoms with Crippen molar-refractivity contribution in [3.8, 4) is 55.8 Å². The second kappa shape index (κ2) is 8.69. The van der Waals surface area contributed by atoms with Crippen LogP contribution in [-0.4, -0.2) is 9.97 Å². The highest BCUT2D eigenvalue weighted by Gasteiger charge is 2.24. The Balaban J connectivity index is 1.40. The smallest absolute Gasteiger partial charge is 0.159 e. The van der Waals surface area contributed by atoms with Gasteiger partial charge < -0.3 is 0 Å². The summed E-state index contributed by atoms with van der Waals surface area (Å²) in [4.78, 5) is 9.83. The van der Waals surface area contributed by atoms with E-state index in [1.54, 1.807) is 0 Å². The van der Waals surface area contributed by atoms with Crippen LogP contribution >= 0.6 is 11.3 Å². The first kappa shape index (κ1) is 22.7. The van der Waals surface area contributed by atoms with Crippen molar-refractivity contribution in [2.45, 2.75) is 0 Å². The number of fused-ring (bicyclic) bond motifs is 12. The molecule has 1 aliphatic carbocycles. The van der Waals surface area contributed by atoms with Gasteiger partial charge in [0.05, 0.1) is 5.69 Å². The van der Waals surface area contributed by atoms with E-state index in [1.165, 1.54) is 59.1 Å². The third-order valence-electron chi connectivity index (χ3n) is 8.30. The number of rotatable bonds is 1. The average Bonchev–Trinajstić information content (AvgIpc) is 3.42. The minimum Gasteiger partial charge on any atom is -0.237 e. The number of nitrogens with zero attached hydrogens (tertiary/aromatic N) is 2. The maximum absolute atomic E-state index is 5.20. The van der Waals surface area contributed by atoms with E-state index in [9.17, 15) is 0 Å². The number of hydrogen-bond acceptors (Lipinski definition) is 3. The number of pyridine rings is 2. The zero-order chi connectivity index (χ0) is 26.9. The Hall–Kier alpha value is -5.12. The molecule has 41 heavy (non-hydrogen) atoms. The molecule has 0 N–H and O–H groups in total. The Bertz CT molecular complexity index is 2330. The predicted octanol–water partition coefficient (Wildman–Crippen LogP) is 10.6. The van der Waals surface area contributed by atoms with E-state index < -0.39 is 0 Å². The van der Waals surface area contributed by atoms with E-state index in [1.807, 2.05) is 23.6 Å². The van der Waals surface area contributed by atoms with Crippen molar-refractivity contribution in [1.29, 1.82) is 0 Å². The third-order valence-corrected chi connectivity index (χ3v) is 9.52. The van der Waals surface area contributed by atoms with Crippen LogP contribution < -0.4 is 0 Å². The van der Waals surface area contributed by atoms with Gasteiger partial charge in [-0.2, -0.15) is 0 Å². The molecule has 0 aliphatic heterocycles. The molecule has 8 aromatic rings. The van der Waals surface area contributed by atoms with Gasteiger partial charge >= 0.3 is 0 Å². The molecule has 9 rings (SSSR count). The van der Waals surface area contributed by atoms with Crippen LogP contribution in [0.2, 0.25) is 0 Å². The normalized spacial score (nSPS) is 11.9. The molecular formula is C38H22N2S. The Labute approximate surface area is 241 Å². The standard InChI is InChI=1S/C38H22N2S/c1-2-11-27-26(10-1)28-12-3-4-14-31(28)36-34(22-24-9-8-20-39-38(24)40-36)33-21-23(18-19-29(27)33)25-15-7-16-32-30-13-5-6-17-35(30)41-37(25)32/h1-22H. The molecule has 0 atom stereocenters. The minimum atomic E-state index is 0.766. The molecule has 0 amide bonds. The topological polar surface area (TPSA) is 25.8 Å². The molecule has 0 fully saturated rings. The van der Waals surface area contributed by atoms with Gasteiger partial charge in [0.2, 0.25) is 0 Å². The van der Waals surface area contributed by atoms with Crippen molar-refractivity contribution in [1.82, 2.24) is 9.97 Å².